The van der Waals surface area contributed by atoms with Crippen LogP contribution in [-0.2, 0) is 0 Å². The number of hydrogen-bond acceptors (Lipinski definition) is 4. The largest absolute Gasteiger partial charge is 0.475 e. The molecule has 0 aliphatic rings. The molecular weight excluding hydrogens is 158 g/mol. The van der Waals surface area contributed by atoms with Gasteiger partial charge in [0.05, 0.1) is 6.61 Å². The van der Waals surface area contributed by atoms with E-state index < -0.39 is 6.10 Å². The molecule has 0 aliphatic heterocycles. The second-order valence-corrected chi connectivity index (χ2v) is 2.32. The highest BCUT2D eigenvalue weighted by Crippen LogP contribution is 2.02. The fourth-order valence-corrected chi connectivity index (χ4v) is 0.667. The summed E-state index contributed by atoms with van der Waals surface area (Å²) in [6.45, 7) is -0.236. The van der Waals surface area contributed by atoms with E-state index in [0.29, 0.717) is 5.88 Å². The van der Waals surface area contributed by atoms with Gasteiger partial charge in [-0.1, -0.05) is 6.07 Å². The molecule has 1 aromatic heterocycles. The normalized spacial score (nSPS) is 12.5. The highest BCUT2D eigenvalue weighted by molar-refractivity contribution is 5.09. The summed E-state index contributed by atoms with van der Waals surface area (Å²) in [6.07, 6.45) is 0.757. The maximum Gasteiger partial charge on any atom is 0.213 e. The number of pyridine rings is 1. The molecule has 4 nitrogen and oxygen atoms in total. The number of aliphatic hydroxyl groups is 2. The van der Waals surface area contributed by atoms with Crippen LogP contribution in [0.4, 0.5) is 0 Å². The monoisotopic (exact) mass is 169 g/mol. The van der Waals surface area contributed by atoms with Crippen LogP contribution < -0.4 is 4.74 Å². The van der Waals surface area contributed by atoms with E-state index in [4.69, 9.17) is 14.9 Å². The summed E-state index contributed by atoms with van der Waals surface area (Å²) in [7, 11) is 0. The smallest absolute Gasteiger partial charge is 0.213 e. The Bertz CT molecular complexity index is 215. The molecule has 4 heteroatoms. The summed E-state index contributed by atoms with van der Waals surface area (Å²) in [5.41, 5.74) is 0. The van der Waals surface area contributed by atoms with E-state index in [2.05, 4.69) is 4.98 Å². The quantitative estimate of drug-likeness (QED) is 0.656. The Morgan fingerprint density at radius 3 is 2.92 bits per heavy atom. The van der Waals surface area contributed by atoms with Gasteiger partial charge in [-0.25, -0.2) is 4.98 Å². The van der Waals surface area contributed by atoms with Crippen molar-refractivity contribution in [2.24, 2.45) is 0 Å². The average molecular weight is 169 g/mol. The van der Waals surface area contributed by atoms with Crippen molar-refractivity contribution in [1.29, 1.82) is 0 Å². The van der Waals surface area contributed by atoms with Crippen LogP contribution in [-0.4, -0.2) is 34.5 Å². The zero-order valence-electron chi connectivity index (χ0n) is 6.55. The van der Waals surface area contributed by atoms with Crippen LogP contribution in [0.15, 0.2) is 24.4 Å². The summed E-state index contributed by atoms with van der Waals surface area (Å²) in [5, 5.41) is 17.4. The van der Waals surface area contributed by atoms with E-state index in [1.165, 1.54) is 0 Å². The number of aliphatic hydroxyl groups excluding tert-OH is 2. The molecule has 1 heterocycles. The Kier molecular flexibility index (Phi) is 3.50. The molecular formula is C8H11NO3. The van der Waals surface area contributed by atoms with Crippen LogP contribution in [0, 0.1) is 0 Å². The van der Waals surface area contributed by atoms with Crippen LogP contribution in [0.3, 0.4) is 0 Å². The molecule has 0 bridgehead atoms. The minimum absolute atomic E-state index is 0.0630. The standard InChI is InChI=1S/C8H11NO3/c10-5-7(11)6-12-8-3-1-2-4-9-8/h1-4,7,10-11H,5-6H2/t7-/m0/s1. The molecule has 0 spiro atoms. The van der Waals surface area contributed by atoms with Crippen LogP contribution in [0.5, 0.6) is 5.88 Å². The minimum Gasteiger partial charge on any atom is -0.475 e. The van der Waals surface area contributed by atoms with E-state index in [1.54, 1.807) is 24.4 Å². The molecule has 12 heavy (non-hydrogen) atoms. The Hall–Kier alpha value is -1.13. The minimum atomic E-state index is -0.841. The number of nitrogens with zero attached hydrogens (tertiary/aromatic N) is 1. The number of aromatic nitrogens is 1. The van der Waals surface area contributed by atoms with Crippen molar-refractivity contribution < 1.29 is 14.9 Å². The van der Waals surface area contributed by atoms with Crippen LogP contribution in [0.1, 0.15) is 0 Å². The molecule has 0 radical (unpaired) electrons. The second kappa shape index (κ2) is 4.69. The third-order valence-electron chi connectivity index (χ3n) is 1.27. The zero-order chi connectivity index (χ0) is 8.81. The van der Waals surface area contributed by atoms with E-state index in [0.717, 1.165) is 0 Å². The van der Waals surface area contributed by atoms with Gasteiger partial charge in [0.2, 0.25) is 5.88 Å². The lowest BCUT2D eigenvalue weighted by Crippen LogP contribution is -2.21. The molecule has 0 saturated heterocycles. The van der Waals surface area contributed by atoms with Gasteiger partial charge in [-0.3, -0.25) is 0 Å². The molecule has 66 valence electrons. The first-order valence-electron chi connectivity index (χ1n) is 3.65. The number of rotatable bonds is 4. The molecule has 0 saturated carbocycles. The molecule has 1 aromatic rings. The van der Waals surface area contributed by atoms with Crippen molar-refractivity contribution in [2.75, 3.05) is 13.2 Å². The van der Waals surface area contributed by atoms with Crippen molar-refractivity contribution in [3.63, 3.8) is 0 Å². The molecule has 0 unspecified atom stereocenters. The molecule has 0 amide bonds. The fraction of sp³-hybridized carbons (Fsp3) is 0.375. The van der Waals surface area contributed by atoms with Crippen LogP contribution >= 0.6 is 0 Å². The van der Waals surface area contributed by atoms with Crippen molar-refractivity contribution in [3.8, 4) is 5.88 Å². The molecule has 1 atom stereocenters. The van der Waals surface area contributed by atoms with Gasteiger partial charge in [-0.2, -0.15) is 0 Å². The number of ether oxygens (including phenoxy) is 1. The molecule has 0 aliphatic carbocycles. The highest BCUT2D eigenvalue weighted by Gasteiger charge is 2.02. The van der Waals surface area contributed by atoms with E-state index in [-0.39, 0.29) is 13.2 Å². The number of hydrogen-bond donors (Lipinski definition) is 2. The van der Waals surface area contributed by atoms with Gasteiger partial charge in [-0.15, -0.1) is 0 Å². The maximum absolute atomic E-state index is 8.92. The van der Waals surface area contributed by atoms with Crippen molar-refractivity contribution >= 4 is 0 Å². The Morgan fingerprint density at radius 1 is 1.50 bits per heavy atom. The first-order valence-corrected chi connectivity index (χ1v) is 3.65. The van der Waals surface area contributed by atoms with Gasteiger partial charge in [-0.05, 0) is 6.07 Å². The van der Waals surface area contributed by atoms with Crippen molar-refractivity contribution in [2.45, 2.75) is 6.10 Å². The Balaban J connectivity index is 2.33. The summed E-state index contributed by atoms with van der Waals surface area (Å²) < 4.78 is 5.04. The van der Waals surface area contributed by atoms with E-state index >= 15 is 0 Å². The lowest BCUT2D eigenvalue weighted by molar-refractivity contribution is 0.0521. The lowest BCUT2D eigenvalue weighted by atomic mass is 10.4. The Labute approximate surface area is 70.4 Å². The summed E-state index contributed by atoms with van der Waals surface area (Å²) in [4.78, 5) is 3.87. The fourth-order valence-electron chi connectivity index (χ4n) is 0.667. The Morgan fingerprint density at radius 2 is 2.33 bits per heavy atom. The molecule has 2 N–H and O–H groups in total. The van der Waals surface area contributed by atoms with Crippen LogP contribution in [0.25, 0.3) is 0 Å². The third-order valence-corrected chi connectivity index (χ3v) is 1.27. The molecule has 0 aromatic carbocycles. The SMILES string of the molecule is OC[C@H](O)COc1ccccn1. The van der Waals surface area contributed by atoms with Gasteiger partial charge >= 0.3 is 0 Å². The summed E-state index contributed by atoms with van der Waals surface area (Å²) in [5.74, 6) is 0.449. The van der Waals surface area contributed by atoms with Crippen molar-refractivity contribution in [3.05, 3.63) is 24.4 Å². The lowest BCUT2D eigenvalue weighted by Gasteiger charge is -2.07. The van der Waals surface area contributed by atoms with E-state index in [9.17, 15) is 0 Å². The maximum atomic E-state index is 8.92. The average Bonchev–Trinajstić information content (AvgIpc) is 2.16. The van der Waals surface area contributed by atoms with Gasteiger partial charge < -0.3 is 14.9 Å². The summed E-state index contributed by atoms with van der Waals surface area (Å²) in [6, 6.07) is 5.24. The van der Waals surface area contributed by atoms with Gasteiger partial charge in [0.15, 0.2) is 0 Å². The summed E-state index contributed by atoms with van der Waals surface area (Å²) >= 11 is 0. The predicted octanol–water partition coefficient (Wildman–Crippen LogP) is -0.186. The second-order valence-electron chi connectivity index (χ2n) is 2.32. The molecule has 0 fully saturated rings. The third kappa shape index (κ3) is 2.86. The van der Waals surface area contributed by atoms with Crippen LogP contribution in [0.2, 0.25) is 0 Å². The zero-order valence-corrected chi connectivity index (χ0v) is 6.55. The highest BCUT2D eigenvalue weighted by atomic mass is 16.5. The van der Waals surface area contributed by atoms with Gasteiger partial charge in [0.25, 0.3) is 0 Å². The predicted molar refractivity (Wildman–Crippen MR) is 42.8 cm³/mol. The van der Waals surface area contributed by atoms with Crippen molar-refractivity contribution in [1.82, 2.24) is 4.98 Å². The molecule has 1 rings (SSSR count). The topological polar surface area (TPSA) is 62.6 Å². The first-order chi connectivity index (χ1) is 5.83. The van der Waals surface area contributed by atoms with Gasteiger partial charge in [0, 0.05) is 12.3 Å². The first kappa shape index (κ1) is 8.96. The van der Waals surface area contributed by atoms with E-state index in [1.807, 2.05) is 0 Å². The van der Waals surface area contributed by atoms with Gasteiger partial charge in [0.1, 0.15) is 12.7 Å².